The highest BCUT2D eigenvalue weighted by atomic mass is 16.5. The van der Waals surface area contributed by atoms with Gasteiger partial charge in [0, 0.05) is 18.7 Å². The van der Waals surface area contributed by atoms with E-state index in [1.807, 2.05) is 13.8 Å². The lowest BCUT2D eigenvalue weighted by Gasteiger charge is -2.42. The lowest BCUT2D eigenvalue weighted by atomic mass is 10.0. The number of aliphatic hydroxyl groups is 1. The van der Waals surface area contributed by atoms with Crippen LogP contribution in [0.4, 0.5) is 0 Å². The average molecular weight is 279 g/mol. The number of nitrogens with zero attached hydrogens (tertiary/aromatic N) is 1. The highest BCUT2D eigenvalue weighted by Crippen LogP contribution is 2.24. The zero-order valence-electron chi connectivity index (χ0n) is 12.1. The minimum Gasteiger partial charge on any atom is -0.508 e. The Morgan fingerprint density at radius 3 is 2.80 bits per heavy atom. The van der Waals surface area contributed by atoms with E-state index in [0.717, 1.165) is 0 Å². The molecule has 0 bridgehead atoms. The molecule has 110 valence electrons. The van der Waals surface area contributed by atoms with Crippen LogP contribution in [-0.4, -0.2) is 52.4 Å². The molecule has 1 amide bonds. The molecule has 1 heterocycles. The number of phenolic OH excluding ortho intramolecular Hbond substituents is 1. The molecule has 1 aliphatic rings. The van der Waals surface area contributed by atoms with Gasteiger partial charge in [0.25, 0.3) is 5.91 Å². The standard InChI is InChI=1S/C15H21NO4/c1-10-6-11(4-5-13(10)18)14(19)16-7-12(8-17)20-15(2,3)9-16/h4-6,12,17-18H,7-9H2,1-3H3. The zero-order chi connectivity index (χ0) is 14.9. The molecule has 1 aromatic carbocycles. The smallest absolute Gasteiger partial charge is 0.254 e. The molecule has 5 heteroatoms. The van der Waals surface area contributed by atoms with Gasteiger partial charge >= 0.3 is 0 Å². The number of morpholine rings is 1. The lowest BCUT2D eigenvalue weighted by Crippen LogP contribution is -2.55. The lowest BCUT2D eigenvalue weighted by molar-refractivity contribution is -0.139. The number of carbonyl (C=O) groups excluding carboxylic acids is 1. The van der Waals surface area contributed by atoms with E-state index < -0.39 is 5.60 Å². The first-order valence-corrected chi connectivity index (χ1v) is 6.70. The van der Waals surface area contributed by atoms with E-state index in [1.54, 1.807) is 24.0 Å². The van der Waals surface area contributed by atoms with E-state index in [9.17, 15) is 15.0 Å². The number of amides is 1. The molecule has 0 saturated carbocycles. The Labute approximate surface area is 118 Å². The fraction of sp³-hybridized carbons (Fsp3) is 0.533. The molecule has 0 aliphatic carbocycles. The summed E-state index contributed by atoms with van der Waals surface area (Å²) in [5.41, 5.74) is 0.726. The van der Waals surface area contributed by atoms with Crippen molar-refractivity contribution >= 4 is 5.91 Å². The molecule has 2 rings (SSSR count). The average Bonchev–Trinajstić information content (AvgIpc) is 2.39. The summed E-state index contributed by atoms with van der Waals surface area (Å²) in [6, 6.07) is 4.81. The second kappa shape index (κ2) is 5.42. The van der Waals surface area contributed by atoms with Gasteiger partial charge in [-0.2, -0.15) is 0 Å². The monoisotopic (exact) mass is 279 g/mol. The van der Waals surface area contributed by atoms with Crippen molar-refractivity contribution in [2.75, 3.05) is 19.7 Å². The van der Waals surface area contributed by atoms with E-state index in [-0.39, 0.29) is 24.4 Å². The van der Waals surface area contributed by atoms with Crippen molar-refractivity contribution in [3.8, 4) is 5.75 Å². The number of benzene rings is 1. The van der Waals surface area contributed by atoms with Crippen LogP contribution in [0.1, 0.15) is 29.8 Å². The normalized spacial score (nSPS) is 21.8. The number of ether oxygens (including phenoxy) is 1. The minimum absolute atomic E-state index is 0.108. The Morgan fingerprint density at radius 2 is 2.20 bits per heavy atom. The van der Waals surface area contributed by atoms with Gasteiger partial charge in [0.2, 0.25) is 0 Å². The molecule has 1 unspecified atom stereocenters. The number of aliphatic hydroxyl groups excluding tert-OH is 1. The number of aryl methyl sites for hydroxylation is 1. The van der Waals surface area contributed by atoms with Crippen LogP contribution in [0.2, 0.25) is 0 Å². The first kappa shape index (κ1) is 14.8. The molecular weight excluding hydrogens is 258 g/mol. The van der Waals surface area contributed by atoms with Crippen LogP contribution in [0.15, 0.2) is 18.2 Å². The van der Waals surface area contributed by atoms with Crippen LogP contribution in [-0.2, 0) is 4.74 Å². The molecule has 20 heavy (non-hydrogen) atoms. The van der Waals surface area contributed by atoms with Crippen molar-refractivity contribution in [1.29, 1.82) is 0 Å². The predicted molar refractivity (Wildman–Crippen MR) is 74.8 cm³/mol. The molecule has 1 aromatic rings. The predicted octanol–water partition coefficient (Wildman–Crippen LogP) is 1.31. The summed E-state index contributed by atoms with van der Waals surface area (Å²) in [5, 5.41) is 18.8. The Hall–Kier alpha value is -1.59. The van der Waals surface area contributed by atoms with Crippen LogP contribution in [0.3, 0.4) is 0 Å². The Balaban J connectivity index is 2.21. The second-order valence-electron chi connectivity index (χ2n) is 5.87. The number of rotatable bonds is 2. The molecule has 0 radical (unpaired) electrons. The van der Waals surface area contributed by atoms with Gasteiger partial charge in [-0.05, 0) is 44.5 Å². The molecule has 2 N–H and O–H groups in total. The fourth-order valence-electron chi connectivity index (χ4n) is 2.52. The first-order chi connectivity index (χ1) is 9.32. The maximum Gasteiger partial charge on any atom is 0.254 e. The van der Waals surface area contributed by atoms with Gasteiger partial charge in [-0.1, -0.05) is 0 Å². The van der Waals surface area contributed by atoms with Crippen molar-refractivity contribution < 1.29 is 19.7 Å². The number of aromatic hydroxyl groups is 1. The molecule has 1 fully saturated rings. The van der Waals surface area contributed by atoms with Gasteiger partial charge in [0.05, 0.1) is 18.3 Å². The summed E-state index contributed by atoms with van der Waals surface area (Å²) in [5.74, 6) is 0.0695. The van der Waals surface area contributed by atoms with Crippen LogP contribution < -0.4 is 0 Å². The summed E-state index contributed by atoms with van der Waals surface area (Å²) in [6.45, 7) is 6.29. The van der Waals surface area contributed by atoms with Crippen LogP contribution in [0.5, 0.6) is 5.75 Å². The van der Waals surface area contributed by atoms with Gasteiger partial charge in [-0.25, -0.2) is 0 Å². The van der Waals surface area contributed by atoms with Crippen molar-refractivity contribution in [1.82, 2.24) is 4.90 Å². The third-order valence-electron chi connectivity index (χ3n) is 3.42. The maximum absolute atomic E-state index is 12.5. The van der Waals surface area contributed by atoms with Crippen molar-refractivity contribution in [3.05, 3.63) is 29.3 Å². The topological polar surface area (TPSA) is 70.0 Å². The maximum atomic E-state index is 12.5. The van der Waals surface area contributed by atoms with Gasteiger partial charge in [-0.3, -0.25) is 4.79 Å². The van der Waals surface area contributed by atoms with Crippen LogP contribution in [0.25, 0.3) is 0 Å². The quantitative estimate of drug-likeness (QED) is 0.856. The SMILES string of the molecule is Cc1cc(C(=O)N2CC(CO)OC(C)(C)C2)ccc1O. The summed E-state index contributed by atoms with van der Waals surface area (Å²) < 4.78 is 5.70. The minimum atomic E-state index is -0.479. The van der Waals surface area contributed by atoms with Crippen LogP contribution in [0, 0.1) is 6.92 Å². The Bertz CT molecular complexity index is 513. The molecular formula is C15H21NO4. The second-order valence-corrected chi connectivity index (χ2v) is 5.87. The molecule has 0 aromatic heterocycles. The molecule has 1 atom stereocenters. The molecule has 0 spiro atoms. The number of phenols is 1. The fourth-order valence-corrected chi connectivity index (χ4v) is 2.52. The zero-order valence-corrected chi connectivity index (χ0v) is 12.1. The summed E-state index contributed by atoms with van der Waals surface area (Å²) >= 11 is 0. The van der Waals surface area contributed by atoms with E-state index in [2.05, 4.69) is 0 Å². The molecule has 1 saturated heterocycles. The van der Waals surface area contributed by atoms with E-state index in [1.165, 1.54) is 6.07 Å². The summed E-state index contributed by atoms with van der Waals surface area (Å²) in [4.78, 5) is 14.2. The van der Waals surface area contributed by atoms with Gasteiger partial charge in [0.15, 0.2) is 0 Å². The van der Waals surface area contributed by atoms with E-state index in [0.29, 0.717) is 24.2 Å². The Kier molecular flexibility index (Phi) is 4.01. The third-order valence-corrected chi connectivity index (χ3v) is 3.42. The van der Waals surface area contributed by atoms with Crippen molar-refractivity contribution in [2.45, 2.75) is 32.5 Å². The third kappa shape index (κ3) is 3.11. The molecule has 1 aliphatic heterocycles. The highest BCUT2D eigenvalue weighted by Gasteiger charge is 2.35. The van der Waals surface area contributed by atoms with Gasteiger partial charge in [-0.15, -0.1) is 0 Å². The van der Waals surface area contributed by atoms with Gasteiger partial charge in [0.1, 0.15) is 5.75 Å². The van der Waals surface area contributed by atoms with E-state index in [4.69, 9.17) is 4.74 Å². The largest absolute Gasteiger partial charge is 0.508 e. The first-order valence-electron chi connectivity index (χ1n) is 6.70. The summed E-state index contributed by atoms with van der Waals surface area (Å²) in [7, 11) is 0. The molecule has 5 nitrogen and oxygen atoms in total. The van der Waals surface area contributed by atoms with Crippen LogP contribution >= 0.6 is 0 Å². The number of carbonyl (C=O) groups is 1. The van der Waals surface area contributed by atoms with Gasteiger partial charge < -0.3 is 19.8 Å². The van der Waals surface area contributed by atoms with Crippen molar-refractivity contribution in [3.63, 3.8) is 0 Å². The number of hydrogen-bond acceptors (Lipinski definition) is 4. The van der Waals surface area contributed by atoms with Crippen molar-refractivity contribution in [2.24, 2.45) is 0 Å². The highest BCUT2D eigenvalue weighted by molar-refractivity contribution is 5.94. The Morgan fingerprint density at radius 1 is 1.50 bits per heavy atom. The van der Waals surface area contributed by atoms with E-state index >= 15 is 0 Å². The number of hydrogen-bond donors (Lipinski definition) is 2. The summed E-state index contributed by atoms with van der Waals surface area (Å²) in [6.07, 6.45) is -0.360.